The number of methoxy groups -OCH3 is 1. The van der Waals surface area contributed by atoms with Gasteiger partial charge in [0.25, 0.3) is 0 Å². The summed E-state index contributed by atoms with van der Waals surface area (Å²) in [5.41, 5.74) is 2.45. The number of piperidine rings is 1. The van der Waals surface area contributed by atoms with E-state index in [9.17, 15) is 10.4 Å². The highest BCUT2D eigenvalue weighted by Crippen LogP contribution is 2.27. The summed E-state index contributed by atoms with van der Waals surface area (Å²) in [4.78, 5) is 2.17. The molecule has 2 N–H and O–H groups in total. The average molecular weight is 341 g/mol. The number of furan rings is 1. The average Bonchev–Trinajstić information content (AvgIpc) is 3.08. The highest BCUT2D eigenvalue weighted by molar-refractivity contribution is 5.65. The Morgan fingerprint density at radius 1 is 1.28 bits per heavy atom. The van der Waals surface area contributed by atoms with Gasteiger partial charge in [0.2, 0.25) is 0 Å². The largest absolute Gasteiger partial charge is 0.462 e. The molecule has 1 aromatic heterocycles. The maximum absolute atomic E-state index is 9.64. The molecule has 0 aliphatic carbocycles. The molecule has 0 spiro atoms. The second-order valence-electron chi connectivity index (χ2n) is 6.22. The Morgan fingerprint density at radius 3 is 2.76 bits per heavy atom. The van der Waals surface area contributed by atoms with Crippen LogP contribution in [-0.2, 0) is 17.9 Å². The lowest BCUT2D eigenvalue weighted by Crippen LogP contribution is -2.36. The normalized spacial score (nSPS) is 15.2. The lowest BCUT2D eigenvalue weighted by atomic mass is 10.0. The van der Waals surface area contributed by atoms with Crippen molar-refractivity contribution in [3.05, 3.63) is 47.4 Å². The molecule has 2 aromatic rings. The van der Waals surface area contributed by atoms with Gasteiger partial charge in [0.05, 0.1) is 23.9 Å². The number of benzene rings is 1. The molecular weight excluding hydrogens is 318 g/mol. The molecule has 25 heavy (non-hydrogen) atoms. The predicted octanol–water partition coefficient (Wildman–Crippen LogP) is 2.87. The summed E-state index contributed by atoms with van der Waals surface area (Å²) in [6.45, 7) is 2.55. The Labute approximate surface area is 147 Å². The fraction of sp³-hybridized carbons (Fsp3) is 0.421. The zero-order chi connectivity index (χ0) is 17.6. The van der Waals surface area contributed by atoms with E-state index in [1.54, 1.807) is 7.11 Å². The summed E-state index contributed by atoms with van der Waals surface area (Å²) < 4.78 is 10.7. The molecule has 1 aliphatic rings. The van der Waals surface area contributed by atoms with Crippen LogP contribution in [0.2, 0.25) is 0 Å². The molecule has 1 aliphatic heterocycles. The molecule has 0 radical (unpaired) electrons. The van der Waals surface area contributed by atoms with Gasteiger partial charge in [-0.15, -0.1) is 0 Å². The van der Waals surface area contributed by atoms with Crippen LogP contribution < -0.4 is 10.2 Å². The minimum absolute atomic E-state index is 0.223. The Hall–Kier alpha value is -2.49. The van der Waals surface area contributed by atoms with E-state index in [4.69, 9.17) is 9.15 Å². The van der Waals surface area contributed by atoms with Crippen molar-refractivity contribution in [2.24, 2.45) is 0 Å². The third kappa shape index (κ3) is 4.32. The second-order valence-corrected chi connectivity index (χ2v) is 6.22. The SMILES string of the molecule is COCc1ccc(CNc2ccc(N3CCC(O)CC3)c(C#N)c2)o1. The maximum atomic E-state index is 9.64. The Balaban J connectivity index is 1.65. The van der Waals surface area contributed by atoms with Gasteiger partial charge in [-0.1, -0.05) is 0 Å². The number of rotatable bonds is 6. The Kier molecular flexibility index (Phi) is 5.59. The molecule has 1 aromatic carbocycles. The highest BCUT2D eigenvalue weighted by Gasteiger charge is 2.19. The molecule has 0 saturated carbocycles. The topological polar surface area (TPSA) is 81.7 Å². The van der Waals surface area contributed by atoms with Gasteiger partial charge in [0, 0.05) is 25.9 Å². The number of nitrogens with zero attached hydrogens (tertiary/aromatic N) is 2. The summed E-state index contributed by atoms with van der Waals surface area (Å²) in [6.07, 6.45) is 1.26. The van der Waals surface area contributed by atoms with E-state index < -0.39 is 0 Å². The summed E-state index contributed by atoms with van der Waals surface area (Å²) >= 11 is 0. The van der Waals surface area contributed by atoms with E-state index in [1.165, 1.54) is 0 Å². The molecular formula is C19H23N3O3. The molecule has 2 heterocycles. The van der Waals surface area contributed by atoms with Crippen LogP contribution in [0.4, 0.5) is 11.4 Å². The second kappa shape index (κ2) is 8.06. The Morgan fingerprint density at radius 2 is 2.04 bits per heavy atom. The highest BCUT2D eigenvalue weighted by atomic mass is 16.5. The number of aliphatic hydroxyl groups is 1. The van der Waals surface area contributed by atoms with Crippen molar-refractivity contribution in [3.63, 3.8) is 0 Å². The molecule has 132 valence electrons. The van der Waals surface area contributed by atoms with Crippen molar-refractivity contribution in [1.82, 2.24) is 0 Å². The number of nitriles is 1. The van der Waals surface area contributed by atoms with Crippen molar-refractivity contribution >= 4 is 11.4 Å². The van der Waals surface area contributed by atoms with Crippen LogP contribution in [0.5, 0.6) is 0 Å². The zero-order valence-corrected chi connectivity index (χ0v) is 14.4. The van der Waals surface area contributed by atoms with Crippen LogP contribution in [-0.4, -0.2) is 31.4 Å². The van der Waals surface area contributed by atoms with E-state index in [2.05, 4.69) is 16.3 Å². The van der Waals surface area contributed by atoms with Crippen LogP contribution in [0.25, 0.3) is 0 Å². The number of nitrogens with one attached hydrogen (secondary N) is 1. The zero-order valence-electron chi connectivity index (χ0n) is 14.4. The van der Waals surface area contributed by atoms with Crippen LogP contribution in [0.3, 0.4) is 0 Å². The monoisotopic (exact) mass is 341 g/mol. The quantitative estimate of drug-likeness (QED) is 0.841. The van der Waals surface area contributed by atoms with Crippen molar-refractivity contribution in [1.29, 1.82) is 5.26 Å². The van der Waals surface area contributed by atoms with E-state index in [-0.39, 0.29) is 6.10 Å². The number of aliphatic hydroxyl groups excluding tert-OH is 1. The molecule has 0 bridgehead atoms. The molecule has 0 unspecified atom stereocenters. The molecule has 1 fully saturated rings. The van der Waals surface area contributed by atoms with E-state index >= 15 is 0 Å². The minimum Gasteiger partial charge on any atom is -0.462 e. The maximum Gasteiger partial charge on any atom is 0.129 e. The fourth-order valence-corrected chi connectivity index (χ4v) is 3.04. The summed E-state index contributed by atoms with van der Waals surface area (Å²) in [6, 6.07) is 11.9. The molecule has 0 amide bonds. The van der Waals surface area contributed by atoms with Crippen molar-refractivity contribution in [2.75, 3.05) is 30.4 Å². The van der Waals surface area contributed by atoms with Crippen LogP contribution in [0.15, 0.2) is 34.7 Å². The first-order valence-electron chi connectivity index (χ1n) is 8.47. The van der Waals surface area contributed by atoms with Crippen LogP contribution in [0.1, 0.15) is 29.9 Å². The number of ether oxygens (including phenoxy) is 1. The Bertz CT molecular complexity index is 743. The van der Waals surface area contributed by atoms with E-state index in [0.29, 0.717) is 18.7 Å². The summed E-state index contributed by atoms with van der Waals surface area (Å²) in [5, 5.41) is 22.4. The van der Waals surface area contributed by atoms with Crippen molar-refractivity contribution in [2.45, 2.75) is 32.1 Å². The van der Waals surface area contributed by atoms with Gasteiger partial charge in [-0.2, -0.15) is 5.26 Å². The third-order valence-corrected chi connectivity index (χ3v) is 4.39. The number of hydrogen-bond donors (Lipinski definition) is 2. The van der Waals surface area contributed by atoms with Gasteiger partial charge >= 0.3 is 0 Å². The smallest absolute Gasteiger partial charge is 0.129 e. The van der Waals surface area contributed by atoms with E-state index in [1.807, 2.05) is 30.3 Å². The number of hydrogen-bond acceptors (Lipinski definition) is 6. The number of anilines is 2. The summed E-state index contributed by atoms with van der Waals surface area (Å²) in [7, 11) is 1.63. The van der Waals surface area contributed by atoms with Gasteiger partial charge in [-0.05, 0) is 43.2 Å². The first-order chi connectivity index (χ1) is 12.2. The lowest BCUT2D eigenvalue weighted by Gasteiger charge is -2.32. The van der Waals surface area contributed by atoms with Crippen LogP contribution >= 0.6 is 0 Å². The van der Waals surface area contributed by atoms with Crippen molar-refractivity contribution < 1.29 is 14.3 Å². The summed E-state index contributed by atoms with van der Waals surface area (Å²) in [5.74, 6) is 1.61. The van der Waals surface area contributed by atoms with Gasteiger partial charge in [0.1, 0.15) is 24.2 Å². The molecule has 6 heteroatoms. The predicted molar refractivity (Wildman–Crippen MR) is 95.4 cm³/mol. The van der Waals surface area contributed by atoms with Gasteiger partial charge in [-0.25, -0.2) is 0 Å². The van der Waals surface area contributed by atoms with Crippen molar-refractivity contribution in [3.8, 4) is 6.07 Å². The first kappa shape index (κ1) is 17.3. The van der Waals surface area contributed by atoms with E-state index in [0.717, 1.165) is 48.8 Å². The van der Waals surface area contributed by atoms with Crippen LogP contribution in [0, 0.1) is 11.3 Å². The minimum atomic E-state index is -0.223. The molecule has 3 rings (SSSR count). The fourth-order valence-electron chi connectivity index (χ4n) is 3.04. The van der Waals surface area contributed by atoms with Gasteiger partial charge in [0.15, 0.2) is 0 Å². The molecule has 0 atom stereocenters. The van der Waals surface area contributed by atoms with Gasteiger partial charge < -0.3 is 24.5 Å². The molecule has 1 saturated heterocycles. The first-order valence-corrected chi connectivity index (χ1v) is 8.47. The standard InChI is InChI=1S/C19H23N3O3/c1-24-13-18-4-3-17(25-18)12-21-15-2-5-19(14(10-15)11-20)22-8-6-16(23)7-9-22/h2-5,10,16,21,23H,6-9,12-13H2,1H3. The van der Waals surface area contributed by atoms with Gasteiger partial charge in [-0.3, -0.25) is 0 Å². The molecule has 6 nitrogen and oxygen atoms in total. The third-order valence-electron chi connectivity index (χ3n) is 4.39. The lowest BCUT2D eigenvalue weighted by molar-refractivity contribution is 0.145.